The molecule has 6 heteroatoms. The van der Waals surface area contributed by atoms with Gasteiger partial charge in [0.25, 0.3) is 0 Å². The molecule has 3 rings (SSSR count). The second-order valence-corrected chi connectivity index (χ2v) is 6.05. The van der Waals surface area contributed by atoms with E-state index in [9.17, 15) is 9.59 Å². The van der Waals surface area contributed by atoms with Crippen LogP contribution in [-0.2, 0) is 9.59 Å². The van der Waals surface area contributed by atoms with Crippen molar-refractivity contribution in [3.63, 3.8) is 0 Å². The molecular weight excluding hydrogens is 332 g/mol. The molecule has 1 aliphatic heterocycles. The number of carbonyl (C=O) groups is 2. The summed E-state index contributed by atoms with van der Waals surface area (Å²) in [6.07, 6.45) is 0.203. The third kappa shape index (κ3) is 3.96. The molecule has 0 bridgehead atoms. The highest BCUT2D eigenvalue weighted by atomic mass is 16.5. The van der Waals surface area contributed by atoms with Crippen LogP contribution in [0.5, 0.6) is 11.5 Å². The van der Waals surface area contributed by atoms with Crippen LogP contribution in [0, 0.1) is 5.92 Å². The molecule has 1 saturated heterocycles. The van der Waals surface area contributed by atoms with Crippen LogP contribution in [0.4, 0.5) is 11.4 Å². The van der Waals surface area contributed by atoms with Crippen molar-refractivity contribution in [3.05, 3.63) is 48.5 Å². The maximum Gasteiger partial charge on any atom is 0.229 e. The second kappa shape index (κ2) is 7.91. The molecule has 2 aromatic rings. The summed E-state index contributed by atoms with van der Waals surface area (Å²) in [5.41, 5.74) is 1.46. The predicted molar refractivity (Wildman–Crippen MR) is 99.7 cm³/mol. The van der Waals surface area contributed by atoms with Gasteiger partial charge in [0.2, 0.25) is 11.8 Å². The summed E-state index contributed by atoms with van der Waals surface area (Å²) in [6.45, 7) is 2.88. The van der Waals surface area contributed by atoms with Gasteiger partial charge in [0.15, 0.2) is 0 Å². The monoisotopic (exact) mass is 354 g/mol. The lowest BCUT2D eigenvalue weighted by molar-refractivity contribution is -0.122. The van der Waals surface area contributed by atoms with Gasteiger partial charge in [-0.15, -0.1) is 0 Å². The van der Waals surface area contributed by atoms with Crippen molar-refractivity contribution >= 4 is 23.2 Å². The van der Waals surface area contributed by atoms with Gasteiger partial charge in [-0.3, -0.25) is 9.59 Å². The fourth-order valence-corrected chi connectivity index (χ4v) is 2.94. The lowest BCUT2D eigenvalue weighted by Gasteiger charge is -2.17. The van der Waals surface area contributed by atoms with E-state index in [1.807, 2.05) is 31.2 Å². The molecule has 0 spiro atoms. The molecule has 1 aliphatic rings. The number of nitrogens with one attached hydrogen (secondary N) is 1. The number of anilines is 2. The summed E-state index contributed by atoms with van der Waals surface area (Å²) < 4.78 is 10.5. The smallest absolute Gasteiger partial charge is 0.229 e. The van der Waals surface area contributed by atoms with Crippen molar-refractivity contribution < 1.29 is 19.1 Å². The number of methoxy groups -OCH3 is 1. The molecule has 0 saturated carbocycles. The highest BCUT2D eigenvalue weighted by Crippen LogP contribution is 2.27. The Kier molecular flexibility index (Phi) is 5.41. The number of ether oxygens (including phenoxy) is 2. The van der Waals surface area contributed by atoms with Crippen molar-refractivity contribution in [1.82, 2.24) is 0 Å². The van der Waals surface area contributed by atoms with Crippen LogP contribution in [-0.4, -0.2) is 32.1 Å². The summed E-state index contributed by atoms with van der Waals surface area (Å²) >= 11 is 0. The third-order valence-electron chi connectivity index (χ3n) is 4.31. The first-order chi connectivity index (χ1) is 12.6. The molecule has 1 N–H and O–H groups in total. The minimum atomic E-state index is -0.379. The van der Waals surface area contributed by atoms with Gasteiger partial charge in [-0.2, -0.15) is 0 Å². The number of benzene rings is 2. The van der Waals surface area contributed by atoms with Crippen molar-refractivity contribution in [1.29, 1.82) is 0 Å². The SMILES string of the molecule is CCOc1ccc(NC(=O)[C@H]2CC(=O)N(c3ccc(OC)cc3)C2)cc1. The molecular formula is C20H22N2O4. The summed E-state index contributed by atoms with van der Waals surface area (Å²) in [4.78, 5) is 26.5. The average Bonchev–Trinajstić information content (AvgIpc) is 3.05. The normalized spacial score (nSPS) is 16.5. The summed E-state index contributed by atoms with van der Waals surface area (Å²) in [5, 5.41) is 2.87. The van der Waals surface area contributed by atoms with E-state index < -0.39 is 0 Å². The number of nitrogens with zero attached hydrogens (tertiary/aromatic N) is 1. The zero-order valence-electron chi connectivity index (χ0n) is 14.9. The maximum atomic E-state index is 12.5. The maximum absolute atomic E-state index is 12.5. The highest BCUT2D eigenvalue weighted by Gasteiger charge is 2.35. The minimum Gasteiger partial charge on any atom is -0.497 e. The number of rotatable bonds is 6. The summed E-state index contributed by atoms with van der Waals surface area (Å²) in [5.74, 6) is 0.897. The number of hydrogen-bond donors (Lipinski definition) is 1. The fraction of sp³-hybridized carbons (Fsp3) is 0.300. The van der Waals surface area contributed by atoms with Crippen LogP contribution in [0.15, 0.2) is 48.5 Å². The van der Waals surface area contributed by atoms with E-state index in [1.165, 1.54) is 0 Å². The van der Waals surface area contributed by atoms with Crippen molar-refractivity contribution in [2.24, 2.45) is 5.92 Å². The largest absolute Gasteiger partial charge is 0.497 e. The van der Waals surface area contributed by atoms with Gasteiger partial charge in [0, 0.05) is 24.3 Å². The Bertz CT molecular complexity index is 771. The molecule has 0 aliphatic carbocycles. The van der Waals surface area contributed by atoms with Gasteiger partial charge in [-0.05, 0) is 55.5 Å². The lowest BCUT2D eigenvalue weighted by atomic mass is 10.1. The predicted octanol–water partition coefficient (Wildman–Crippen LogP) is 3.09. The van der Waals surface area contributed by atoms with Gasteiger partial charge < -0.3 is 19.7 Å². The Balaban J connectivity index is 1.62. The van der Waals surface area contributed by atoms with Crippen LogP contribution in [0.2, 0.25) is 0 Å². The van der Waals surface area contributed by atoms with E-state index in [0.717, 1.165) is 17.2 Å². The van der Waals surface area contributed by atoms with E-state index >= 15 is 0 Å². The van der Waals surface area contributed by atoms with Crippen LogP contribution < -0.4 is 19.7 Å². The third-order valence-corrected chi connectivity index (χ3v) is 4.31. The standard InChI is InChI=1S/C20H22N2O4/c1-3-26-18-8-4-15(5-9-18)21-20(24)14-12-19(23)22(13-14)16-6-10-17(25-2)11-7-16/h4-11,14H,3,12-13H2,1-2H3,(H,21,24)/t14-/m0/s1. The van der Waals surface area contributed by atoms with Gasteiger partial charge in [-0.1, -0.05) is 0 Å². The topological polar surface area (TPSA) is 67.9 Å². The van der Waals surface area contributed by atoms with E-state index in [1.54, 1.807) is 36.3 Å². The molecule has 136 valence electrons. The first-order valence-corrected chi connectivity index (χ1v) is 8.59. The van der Waals surface area contributed by atoms with Crippen molar-refractivity contribution in [2.45, 2.75) is 13.3 Å². The fourth-order valence-electron chi connectivity index (χ4n) is 2.94. The molecule has 2 amide bonds. The molecule has 6 nitrogen and oxygen atoms in total. The van der Waals surface area contributed by atoms with E-state index in [-0.39, 0.29) is 24.2 Å². The van der Waals surface area contributed by atoms with Crippen LogP contribution >= 0.6 is 0 Å². The molecule has 1 heterocycles. The Hall–Kier alpha value is -3.02. The summed E-state index contributed by atoms with van der Waals surface area (Å²) in [6, 6.07) is 14.5. The highest BCUT2D eigenvalue weighted by molar-refractivity contribution is 6.03. The zero-order chi connectivity index (χ0) is 18.5. The number of hydrogen-bond acceptors (Lipinski definition) is 4. The van der Waals surface area contributed by atoms with E-state index in [0.29, 0.717) is 18.8 Å². The number of amides is 2. The Labute approximate surface area is 152 Å². The quantitative estimate of drug-likeness (QED) is 0.866. The number of carbonyl (C=O) groups excluding carboxylic acids is 2. The van der Waals surface area contributed by atoms with Gasteiger partial charge in [0.05, 0.1) is 19.6 Å². The first-order valence-electron chi connectivity index (χ1n) is 8.59. The average molecular weight is 354 g/mol. The molecule has 0 radical (unpaired) electrons. The van der Waals surface area contributed by atoms with Gasteiger partial charge >= 0.3 is 0 Å². The Morgan fingerprint density at radius 1 is 1.12 bits per heavy atom. The molecule has 0 aromatic heterocycles. The Morgan fingerprint density at radius 2 is 1.77 bits per heavy atom. The van der Waals surface area contributed by atoms with Crippen molar-refractivity contribution in [2.75, 3.05) is 30.5 Å². The molecule has 1 fully saturated rings. The first kappa shape index (κ1) is 17.8. The zero-order valence-corrected chi connectivity index (χ0v) is 14.9. The van der Waals surface area contributed by atoms with E-state index in [2.05, 4.69) is 5.32 Å². The molecule has 0 unspecified atom stereocenters. The van der Waals surface area contributed by atoms with E-state index in [4.69, 9.17) is 9.47 Å². The molecule has 2 aromatic carbocycles. The van der Waals surface area contributed by atoms with Crippen LogP contribution in [0.1, 0.15) is 13.3 Å². The van der Waals surface area contributed by atoms with Crippen molar-refractivity contribution in [3.8, 4) is 11.5 Å². The minimum absolute atomic E-state index is 0.0537. The van der Waals surface area contributed by atoms with Crippen LogP contribution in [0.3, 0.4) is 0 Å². The Morgan fingerprint density at radius 3 is 2.38 bits per heavy atom. The lowest BCUT2D eigenvalue weighted by Crippen LogP contribution is -2.28. The molecule has 1 atom stereocenters. The summed E-state index contributed by atoms with van der Waals surface area (Å²) in [7, 11) is 1.59. The van der Waals surface area contributed by atoms with Crippen LogP contribution in [0.25, 0.3) is 0 Å². The molecule has 26 heavy (non-hydrogen) atoms. The van der Waals surface area contributed by atoms with Gasteiger partial charge in [-0.25, -0.2) is 0 Å². The second-order valence-electron chi connectivity index (χ2n) is 6.05. The van der Waals surface area contributed by atoms with Gasteiger partial charge in [0.1, 0.15) is 11.5 Å².